The number of likely N-dealkylation sites (tertiary alicyclic amines) is 2. The summed E-state index contributed by atoms with van der Waals surface area (Å²) in [5.74, 6) is 0.790. The summed E-state index contributed by atoms with van der Waals surface area (Å²) >= 11 is 0. The summed E-state index contributed by atoms with van der Waals surface area (Å²) in [5.41, 5.74) is 8.71. The van der Waals surface area contributed by atoms with E-state index in [0.29, 0.717) is 13.1 Å². The van der Waals surface area contributed by atoms with Crippen molar-refractivity contribution in [2.75, 3.05) is 13.1 Å². The Morgan fingerprint density at radius 3 is 1.73 bits per heavy atom. The molecule has 2 atom stereocenters. The third-order valence-electron chi connectivity index (χ3n) is 9.52. The number of ether oxygens (including phenoxy) is 2. The highest BCUT2D eigenvalue weighted by Crippen LogP contribution is 2.36. The topological polar surface area (TPSA) is 100 Å². The fourth-order valence-corrected chi connectivity index (χ4v) is 7.19. The molecule has 7 rings (SSSR count). The smallest absolute Gasteiger partial charge is 0.410 e. The third kappa shape index (κ3) is 8.52. The molecule has 4 heterocycles. The number of hydrogen-bond donors (Lipinski definition) is 1. The SMILES string of the molecule is CC(C)(C)OC(=O)N1CCC[C@H]1C1=Nc2ccc(-c3ccc(-c4ccc(-c5cnc([C@@H]6CCCN6C(=O)OC(C)(C)C)[nH]5)cc4)cc3)cc2C1.S.S. The number of H-pyrrole nitrogens is 1. The van der Waals surface area contributed by atoms with Crippen LogP contribution in [0.1, 0.15) is 84.7 Å². The lowest BCUT2D eigenvalue weighted by molar-refractivity contribution is 0.0216. The van der Waals surface area contributed by atoms with Crippen molar-refractivity contribution in [1.29, 1.82) is 0 Å². The van der Waals surface area contributed by atoms with Crippen molar-refractivity contribution in [1.82, 2.24) is 19.8 Å². The summed E-state index contributed by atoms with van der Waals surface area (Å²) in [6.07, 6.45) is 5.71. The van der Waals surface area contributed by atoms with Gasteiger partial charge in [0.05, 0.1) is 29.7 Å². The monoisotopic (exact) mass is 741 g/mol. The standard InChI is InChI=1S/C41H47N5O4.2H2S/c1-40(2,3)49-38(47)45-21-7-9-35(45)33-24-31-23-30(19-20-32(31)43-33)28-13-11-26(12-14-28)27-15-17-29(18-16-27)34-25-42-37(44-34)36-10-8-22-46(36)39(48)50-41(4,5)6;;/h11-20,23,25,35-36H,7-10,21-22,24H2,1-6H3,(H,42,44);2*1H2/t35-,36-;;/m0../s1. The second kappa shape index (κ2) is 15.4. The fraction of sp³-hybridized carbons (Fsp3) is 0.415. The number of carbonyl (C=O) groups is 2. The molecule has 4 aromatic rings. The summed E-state index contributed by atoms with van der Waals surface area (Å²) < 4.78 is 11.3. The van der Waals surface area contributed by atoms with Crippen LogP contribution in [0.5, 0.6) is 0 Å². The zero-order valence-corrected chi connectivity index (χ0v) is 33.0. The number of nitrogens with zero attached hydrogens (tertiary/aromatic N) is 4. The van der Waals surface area contributed by atoms with Crippen LogP contribution in [-0.4, -0.2) is 68.0 Å². The Morgan fingerprint density at radius 2 is 1.17 bits per heavy atom. The van der Waals surface area contributed by atoms with E-state index in [0.717, 1.165) is 82.8 Å². The van der Waals surface area contributed by atoms with E-state index in [9.17, 15) is 9.59 Å². The number of imidazole rings is 1. The van der Waals surface area contributed by atoms with E-state index in [1.807, 2.05) is 52.6 Å². The minimum Gasteiger partial charge on any atom is -0.444 e. The van der Waals surface area contributed by atoms with Crippen molar-refractivity contribution in [3.8, 4) is 33.5 Å². The van der Waals surface area contributed by atoms with Crippen molar-refractivity contribution in [3.05, 3.63) is 84.3 Å². The van der Waals surface area contributed by atoms with Gasteiger partial charge in [0.15, 0.2) is 0 Å². The Bertz CT molecular complexity index is 1930. The average Bonchev–Trinajstić information content (AvgIpc) is 3.88. The Morgan fingerprint density at radius 1 is 0.692 bits per heavy atom. The molecule has 1 aromatic heterocycles. The number of amides is 2. The van der Waals surface area contributed by atoms with Crippen molar-refractivity contribution >= 4 is 50.6 Å². The quantitative estimate of drug-likeness (QED) is 0.220. The second-order valence-corrected chi connectivity index (χ2v) is 15.6. The maximum atomic E-state index is 12.9. The molecule has 0 radical (unpaired) electrons. The van der Waals surface area contributed by atoms with Gasteiger partial charge in [0, 0.05) is 25.2 Å². The van der Waals surface area contributed by atoms with Gasteiger partial charge in [-0.25, -0.2) is 14.6 Å². The van der Waals surface area contributed by atoms with Crippen LogP contribution in [0.15, 0.2) is 77.9 Å². The molecule has 0 saturated carbocycles. The number of carbonyl (C=O) groups excluding carboxylic acids is 2. The van der Waals surface area contributed by atoms with Gasteiger partial charge in [-0.2, -0.15) is 27.0 Å². The van der Waals surface area contributed by atoms with Gasteiger partial charge in [-0.05, 0) is 113 Å². The van der Waals surface area contributed by atoms with E-state index in [1.165, 1.54) is 5.56 Å². The van der Waals surface area contributed by atoms with Crippen LogP contribution >= 0.6 is 27.0 Å². The normalized spacial score (nSPS) is 18.3. The Labute approximate surface area is 321 Å². The molecule has 2 saturated heterocycles. The van der Waals surface area contributed by atoms with E-state index in [-0.39, 0.29) is 51.3 Å². The third-order valence-corrected chi connectivity index (χ3v) is 9.52. The van der Waals surface area contributed by atoms with Crippen molar-refractivity contribution < 1.29 is 19.1 Å². The van der Waals surface area contributed by atoms with Gasteiger partial charge in [-0.3, -0.25) is 14.8 Å². The Kier molecular flexibility index (Phi) is 11.6. The van der Waals surface area contributed by atoms with E-state index < -0.39 is 11.2 Å². The zero-order chi connectivity index (χ0) is 35.2. The first kappa shape index (κ1) is 39.0. The second-order valence-electron chi connectivity index (χ2n) is 15.6. The molecule has 0 aliphatic carbocycles. The lowest BCUT2D eigenvalue weighted by Crippen LogP contribution is -2.43. The first-order valence-electron chi connectivity index (χ1n) is 17.8. The average molecular weight is 742 g/mol. The lowest BCUT2D eigenvalue weighted by Gasteiger charge is -2.28. The summed E-state index contributed by atoms with van der Waals surface area (Å²) in [7, 11) is 0. The van der Waals surface area contributed by atoms with Gasteiger partial charge in [-0.15, -0.1) is 0 Å². The molecule has 3 aromatic carbocycles. The van der Waals surface area contributed by atoms with E-state index in [4.69, 9.17) is 14.5 Å². The van der Waals surface area contributed by atoms with Crippen LogP contribution < -0.4 is 0 Å². The lowest BCUT2D eigenvalue weighted by atomic mass is 9.96. The molecule has 276 valence electrons. The molecule has 3 aliphatic rings. The molecule has 0 unspecified atom stereocenters. The highest BCUT2D eigenvalue weighted by atomic mass is 32.1. The maximum Gasteiger partial charge on any atom is 0.410 e. The highest BCUT2D eigenvalue weighted by Gasteiger charge is 2.37. The summed E-state index contributed by atoms with van der Waals surface area (Å²) in [6, 6.07) is 23.5. The van der Waals surface area contributed by atoms with E-state index in [1.54, 1.807) is 4.90 Å². The first-order valence-corrected chi connectivity index (χ1v) is 17.8. The van der Waals surface area contributed by atoms with Crippen LogP contribution in [0.25, 0.3) is 33.5 Å². The number of benzene rings is 3. The number of fused-ring (bicyclic) bond motifs is 1. The minimum absolute atomic E-state index is 0. The van der Waals surface area contributed by atoms with Gasteiger partial charge in [0.1, 0.15) is 17.0 Å². The number of rotatable bonds is 5. The number of aliphatic imine (C=N–C) groups is 1. The molecule has 1 N–H and O–H groups in total. The van der Waals surface area contributed by atoms with Crippen LogP contribution in [0.2, 0.25) is 0 Å². The first-order chi connectivity index (χ1) is 23.8. The molecule has 52 heavy (non-hydrogen) atoms. The number of aromatic amines is 1. The van der Waals surface area contributed by atoms with E-state index >= 15 is 0 Å². The molecule has 3 aliphatic heterocycles. The largest absolute Gasteiger partial charge is 0.444 e. The summed E-state index contributed by atoms with van der Waals surface area (Å²) in [4.78, 5) is 42.4. The Balaban J connectivity index is 0.00000261. The fourth-order valence-electron chi connectivity index (χ4n) is 7.19. The molecule has 9 nitrogen and oxygen atoms in total. The molecule has 0 bridgehead atoms. The van der Waals surface area contributed by atoms with Crippen LogP contribution in [0.4, 0.5) is 15.3 Å². The van der Waals surface area contributed by atoms with E-state index in [2.05, 4.69) is 76.7 Å². The molecule has 0 spiro atoms. The number of nitrogens with one attached hydrogen (secondary N) is 1. The molecule has 11 heteroatoms. The summed E-state index contributed by atoms with van der Waals surface area (Å²) in [5, 5.41) is 0. The molecule has 2 amide bonds. The van der Waals surface area contributed by atoms with Crippen molar-refractivity contribution in [2.45, 2.75) is 96.9 Å². The van der Waals surface area contributed by atoms with Crippen molar-refractivity contribution in [3.63, 3.8) is 0 Å². The van der Waals surface area contributed by atoms with Gasteiger partial charge < -0.3 is 14.5 Å². The number of aromatic nitrogens is 2. The molecular weight excluding hydrogens is 691 g/mol. The van der Waals surface area contributed by atoms with Crippen LogP contribution in [-0.2, 0) is 15.9 Å². The van der Waals surface area contributed by atoms with Crippen LogP contribution in [0, 0.1) is 0 Å². The van der Waals surface area contributed by atoms with Crippen molar-refractivity contribution in [2.24, 2.45) is 4.99 Å². The predicted molar refractivity (Wildman–Crippen MR) is 217 cm³/mol. The minimum atomic E-state index is -0.535. The Hall–Kier alpha value is -4.22. The molecular formula is C41H51N5O4S2. The van der Waals surface area contributed by atoms with Crippen LogP contribution in [0.3, 0.4) is 0 Å². The molecule has 2 fully saturated rings. The predicted octanol–water partition coefficient (Wildman–Crippen LogP) is 9.74. The van der Waals surface area contributed by atoms with Gasteiger partial charge in [0.2, 0.25) is 0 Å². The number of hydrogen-bond acceptors (Lipinski definition) is 6. The highest BCUT2D eigenvalue weighted by molar-refractivity contribution is 7.59. The maximum absolute atomic E-state index is 12.9. The van der Waals surface area contributed by atoms with Gasteiger partial charge in [0.25, 0.3) is 0 Å². The van der Waals surface area contributed by atoms with Gasteiger partial charge in [-0.1, -0.05) is 54.6 Å². The van der Waals surface area contributed by atoms with Gasteiger partial charge >= 0.3 is 12.2 Å². The summed E-state index contributed by atoms with van der Waals surface area (Å²) in [6.45, 7) is 12.8. The zero-order valence-electron chi connectivity index (χ0n) is 31.0.